The van der Waals surface area contributed by atoms with Gasteiger partial charge in [-0.3, -0.25) is 4.79 Å². The summed E-state index contributed by atoms with van der Waals surface area (Å²) in [5, 5.41) is 10.5. The van der Waals surface area contributed by atoms with Crippen LogP contribution in [0.15, 0.2) is 0 Å². The van der Waals surface area contributed by atoms with Crippen LogP contribution in [0.25, 0.3) is 0 Å². The summed E-state index contributed by atoms with van der Waals surface area (Å²) in [6.07, 6.45) is 11.9. The normalized spacial score (nSPS) is 50.4. The zero-order chi connectivity index (χ0) is 21.3. The number of aliphatic hydroxyl groups is 1. The highest BCUT2D eigenvalue weighted by atomic mass is 16.5. The molecule has 0 radical (unpaired) electrons. The number of aliphatic hydroxyl groups excluding tert-OH is 1. The second kappa shape index (κ2) is 7.47. The average Bonchev–Trinajstić information content (AvgIpc) is 3.27. The monoisotopic (exact) mass is 417 g/mol. The molecule has 1 heterocycles. The molecular weight excluding hydrogens is 374 g/mol. The molecule has 0 aromatic heterocycles. The van der Waals surface area contributed by atoms with E-state index in [1.165, 1.54) is 38.5 Å². The Labute approximate surface area is 183 Å². The van der Waals surface area contributed by atoms with Crippen molar-refractivity contribution in [2.45, 2.75) is 90.3 Å². The Hall–Kier alpha value is -0.610. The molecule has 4 heteroatoms. The van der Waals surface area contributed by atoms with Crippen molar-refractivity contribution in [3.63, 3.8) is 0 Å². The zero-order valence-electron chi connectivity index (χ0n) is 19.6. The number of rotatable bonds is 4. The quantitative estimate of drug-likeness (QED) is 0.733. The maximum absolute atomic E-state index is 12.1. The van der Waals surface area contributed by atoms with Crippen molar-refractivity contribution in [3.8, 4) is 0 Å². The first-order valence-corrected chi connectivity index (χ1v) is 12.8. The van der Waals surface area contributed by atoms with Gasteiger partial charge in [-0.05, 0) is 98.7 Å². The molecule has 4 nitrogen and oxygen atoms in total. The molecule has 5 rings (SSSR count). The molecule has 4 aliphatic carbocycles. The number of carbonyl (C=O) groups excluding carboxylic acids is 1. The maximum atomic E-state index is 12.1. The second-order valence-corrected chi connectivity index (χ2v) is 12.3. The van der Waals surface area contributed by atoms with E-state index in [1.54, 1.807) is 4.90 Å². The fourth-order valence-corrected chi connectivity index (χ4v) is 9.48. The van der Waals surface area contributed by atoms with Gasteiger partial charge in [-0.1, -0.05) is 13.8 Å². The topological polar surface area (TPSA) is 49.8 Å². The lowest BCUT2D eigenvalue weighted by Gasteiger charge is -2.60. The minimum atomic E-state index is -0.224. The molecule has 1 saturated heterocycles. The van der Waals surface area contributed by atoms with Gasteiger partial charge in [-0.2, -0.15) is 0 Å². The number of ether oxygens (including phenoxy) is 1. The van der Waals surface area contributed by atoms with Crippen LogP contribution in [-0.4, -0.2) is 48.8 Å². The third-order valence-corrected chi connectivity index (χ3v) is 11.0. The van der Waals surface area contributed by atoms with Gasteiger partial charge in [-0.25, -0.2) is 0 Å². The number of nitrogens with zero attached hydrogens (tertiary/aromatic N) is 1. The molecule has 1 amide bonds. The highest BCUT2D eigenvalue weighted by molar-refractivity contribution is 5.75. The molecular formula is C26H43NO3. The van der Waals surface area contributed by atoms with Crippen LogP contribution in [0.3, 0.4) is 0 Å². The highest BCUT2D eigenvalue weighted by Gasteiger charge is 2.64. The van der Waals surface area contributed by atoms with Crippen molar-refractivity contribution >= 4 is 5.91 Å². The second-order valence-electron chi connectivity index (χ2n) is 12.3. The van der Waals surface area contributed by atoms with Gasteiger partial charge in [0.15, 0.2) is 0 Å². The summed E-state index contributed by atoms with van der Waals surface area (Å²) in [6.45, 7) is 5.94. The zero-order valence-corrected chi connectivity index (χ0v) is 19.6. The average molecular weight is 418 g/mol. The SMILES string of the molecule is C[C@H](CCC(=O)N(C)C)[C@H]1CC[C@H]2[C@@H]3CC[C@H]4C[C@@H](O)[C@@H]5C[C@]4(CO5)[C@H]3CC[C@]12C. The molecule has 0 aromatic carbocycles. The van der Waals surface area contributed by atoms with E-state index >= 15 is 0 Å². The summed E-state index contributed by atoms with van der Waals surface area (Å²) in [4.78, 5) is 13.9. The number of hydrogen-bond acceptors (Lipinski definition) is 3. The van der Waals surface area contributed by atoms with Crippen LogP contribution in [0, 0.1) is 46.3 Å². The molecule has 30 heavy (non-hydrogen) atoms. The van der Waals surface area contributed by atoms with Crippen LogP contribution in [0.5, 0.6) is 0 Å². The highest BCUT2D eigenvalue weighted by Crippen LogP contribution is 2.69. The number of hydrogen-bond donors (Lipinski definition) is 1. The number of fused-ring (bicyclic) bond motifs is 4. The molecule has 2 bridgehead atoms. The molecule has 1 aliphatic heterocycles. The fraction of sp³-hybridized carbons (Fsp3) is 0.962. The third kappa shape index (κ3) is 3.03. The lowest BCUT2D eigenvalue weighted by Crippen LogP contribution is -2.55. The standard InChI is InChI=1S/C26H43NO3/c1-16(5-10-24(29)27(3)4)19-8-9-20-18-7-6-17-13-22(28)23-14-26(17,15-30-23)21(18)11-12-25(19,20)2/h16-23,28H,5-15H2,1-4H3/t16-,17+,18+,19-,20+,21+,22-,23+,25-,26-/m1/s1. The smallest absolute Gasteiger partial charge is 0.222 e. The van der Waals surface area contributed by atoms with Crippen molar-refractivity contribution in [1.82, 2.24) is 4.90 Å². The van der Waals surface area contributed by atoms with Gasteiger partial charge in [0.2, 0.25) is 5.91 Å². The Morgan fingerprint density at radius 2 is 1.97 bits per heavy atom. The van der Waals surface area contributed by atoms with Gasteiger partial charge in [0.05, 0.1) is 18.8 Å². The fourth-order valence-electron chi connectivity index (χ4n) is 9.48. The van der Waals surface area contributed by atoms with Crippen LogP contribution >= 0.6 is 0 Å². The molecule has 4 saturated carbocycles. The molecule has 5 fully saturated rings. The van der Waals surface area contributed by atoms with Crippen LogP contribution in [0.1, 0.15) is 78.1 Å². The summed E-state index contributed by atoms with van der Waals surface area (Å²) in [5.41, 5.74) is 0.828. The summed E-state index contributed by atoms with van der Waals surface area (Å²) in [5.74, 6) is 4.90. The molecule has 5 aliphatic rings. The largest absolute Gasteiger partial charge is 0.390 e. The van der Waals surface area contributed by atoms with Gasteiger partial charge in [0, 0.05) is 25.9 Å². The summed E-state index contributed by atoms with van der Waals surface area (Å²) in [7, 11) is 3.75. The Bertz CT molecular complexity index is 679. The third-order valence-electron chi connectivity index (χ3n) is 11.0. The van der Waals surface area contributed by atoms with Gasteiger partial charge >= 0.3 is 0 Å². The first-order chi connectivity index (χ1) is 14.3. The summed E-state index contributed by atoms with van der Waals surface area (Å²) >= 11 is 0. The minimum absolute atomic E-state index is 0.110. The van der Waals surface area contributed by atoms with Gasteiger partial charge < -0.3 is 14.7 Å². The summed E-state index contributed by atoms with van der Waals surface area (Å²) in [6, 6.07) is 0. The van der Waals surface area contributed by atoms with E-state index < -0.39 is 0 Å². The number of carbonyl (C=O) groups is 1. The first-order valence-electron chi connectivity index (χ1n) is 12.8. The van der Waals surface area contributed by atoms with Gasteiger partial charge in [0.1, 0.15) is 0 Å². The van der Waals surface area contributed by atoms with Crippen molar-refractivity contribution in [2.75, 3.05) is 20.7 Å². The van der Waals surface area contributed by atoms with Crippen LogP contribution in [0.4, 0.5) is 0 Å². The predicted octanol–water partition coefficient (Wildman–Crippen LogP) is 4.50. The minimum Gasteiger partial charge on any atom is -0.390 e. The lowest BCUT2D eigenvalue weighted by atomic mass is 9.44. The van der Waals surface area contributed by atoms with E-state index in [0.717, 1.165) is 49.5 Å². The van der Waals surface area contributed by atoms with Crippen molar-refractivity contribution in [3.05, 3.63) is 0 Å². The van der Waals surface area contributed by atoms with Crippen LogP contribution in [0.2, 0.25) is 0 Å². The molecule has 170 valence electrons. The van der Waals surface area contributed by atoms with Crippen molar-refractivity contribution in [2.24, 2.45) is 46.3 Å². The van der Waals surface area contributed by atoms with Gasteiger partial charge in [0.25, 0.3) is 0 Å². The molecule has 10 atom stereocenters. The summed E-state index contributed by atoms with van der Waals surface area (Å²) < 4.78 is 6.18. The van der Waals surface area contributed by atoms with E-state index in [-0.39, 0.29) is 18.1 Å². The van der Waals surface area contributed by atoms with Crippen LogP contribution in [-0.2, 0) is 9.53 Å². The van der Waals surface area contributed by atoms with E-state index in [4.69, 9.17) is 4.74 Å². The van der Waals surface area contributed by atoms with Gasteiger partial charge in [-0.15, -0.1) is 0 Å². The Morgan fingerprint density at radius 3 is 2.73 bits per heavy atom. The molecule has 0 aromatic rings. The van der Waals surface area contributed by atoms with E-state index in [1.807, 2.05) is 14.1 Å². The number of amides is 1. The maximum Gasteiger partial charge on any atom is 0.222 e. The molecule has 1 N–H and O–H groups in total. The van der Waals surface area contributed by atoms with Crippen molar-refractivity contribution < 1.29 is 14.6 Å². The van der Waals surface area contributed by atoms with Crippen LogP contribution < -0.4 is 0 Å². The first kappa shape index (κ1) is 21.2. The Morgan fingerprint density at radius 1 is 1.17 bits per heavy atom. The molecule has 1 spiro atoms. The molecule has 0 unspecified atom stereocenters. The lowest BCUT2D eigenvalue weighted by molar-refractivity contribution is -0.129. The van der Waals surface area contributed by atoms with E-state index in [2.05, 4.69) is 13.8 Å². The van der Waals surface area contributed by atoms with E-state index in [9.17, 15) is 9.90 Å². The predicted molar refractivity (Wildman–Crippen MR) is 118 cm³/mol. The van der Waals surface area contributed by atoms with Crippen molar-refractivity contribution in [1.29, 1.82) is 0 Å². The Kier molecular flexibility index (Phi) is 5.29. The van der Waals surface area contributed by atoms with E-state index in [0.29, 0.717) is 29.1 Å². The Balaban J connectivity index is 1.31.